The fourth-order valence-corrected chi connectivity index (χ4v) is 1.55. The highest BCUT2D eigenvalue weighted by atomic mass is 35.5. The Kier molecular flexibility index (Phi) is 7.31. The number of quaternary nitrogens is 1. The van der Waals surface area contributed by atoms with Crippen molar-refractivity contribution in [3.05, 3.63) is 12.2 Å². The number of hydrogen-bond acceptors (Lipinski definition) is 4. The number of nitrogens with zero attached hydrogens (tertiary/aromatic N) is 1. The van der Waals surface area contributed by atoms with Gasteiger partial charge in [0, 0.05) is 12.4 Å². The summed E-state index contributed by atoms with van der Waals surface area (Å²) < 4.78 is 0.285. The van der Waals surface area contributed by atoms with Gasteiger partial charge in [-0.25, -0.2) is 0 Å². The summed E-state index contributed by atoms with van der Waals surface area (Å²) in [6.07, 6.45) is 1.96. The molecule has 1 unspecified atom stereocenters. The summed E-state index contributed by atoms with van der Waals surface area (Å²) in [5.74, 6) is -2.04. The zero-order valence-electron chi connectivity index (χ0n) is 10.6. The van der Waals surface area contributed by atoms with E-state index in [0.717, 1.165) is 0 Å². The first-order valence-electron chi connectivity index (χ1n) is 5.00. The minimum atomic E-state index is -1.90. The van der Waals surface area contributed by atoms with E-state index >= 15 is 0 Å². The van der Waals surface area contributed by atoms with Crippen molar-refractivity contribution < 1.29 is 24.3 Å². The molecule has 0 saturated heterocycles. The van der Waals surface area contributed by atoms with E-state index in [1.54, 1.807) is 28.1 Å². The first kappa shape index (κ1) is 18.5. The second kappa shape index (κ2) is 6.74. The van der Waals surface area contributed by atoms with E-state index in [2.05, 4.69) is 0 Å². The SMILES string of the molecule is C/C=C/C(=O)C(O)(CC(=O)[O-])C[N+](C)(C)C.Cl. The molecule has 0 aliphatic rings. The Labute approximate surface area is 108 Å². The minimum absolute atomic E-state index is 0. The average molecular weight is 266 g/mol. The minimum Gasteiger partial charge on any atom is -0.550 e. The summed E-state index contributed by atoms with van der Waals surface area (Å²) in [5, 5.41) is 20.6. The zero-order valence-corrected chi connectivity index (χ0v) is 11.4. The van der Waals surface area contributed by atoms with Gasteiger partial charge in [0.05, 0.1) is 21.1 Å². The van der Waals surface area contributed by atoms with Crippen molar-refractivity contribution in [2.24, 2.45) is 0 Å². The van der Waals surface area contributed by atoms with Crippen molar-refractivity contribution in [1.82, 2.24) is 0 Å². The van der Waals surface area contributed by atoms with Gasteiger partial charge in [-0.2, -0.15) is 0 Å². The zero-order chi connectivity index (χ0) is 13.0. The molecule has 0 bridgehead atoms. The molecule has 0 fully saturated rings. The lowest BCUT2D eigenvalue weighted by molar-refractivity contribution is -0.875. The Balaban J connectivity index is 0. The third-order valence-electron chi connectivity index (χ3n) is 1.95. The van der Waals surface area contributed by atoms with Crippen molar-refractivity contribution >= 4 is 24.2 Å². The fraction of sp³-hybridized carbons (Fsp3) is 0.636. The van der Waals surface area contributed by atoms with E-state index in [0.29, 0.717) is 0 Å². The monoisotopic (exact) mass is 265 g/mol. The largest absolute Gasteiger partial charge is 0.550 e. The number of aliphatic hydroxyl groups is 1. The van der Waals surface area contributed by atoms with Gasteiger partial charge in [0.1, 0.15) is 6.54 Å². The number of carbonyl (C=O) groups excluding carboxylic acids is 2. The number of carboxylic acid groups (broad SMARTS) is 1. The van der Waals surface area contributed by atoms with E-state index in [1.807, 2.05) is 0 Å². The van der Waals surface area contributed by atoms with Crippen LogP contribution in [0.2, 0.25) is 0 Å². The molecule has 0 aliphatic heterocycles. The van der Waals surface area contributed by atoms with E-state index in [9.17, 15) is 19.8 Å². The van der Waals surface area contributed by atoms with Gasteiger partial charge >= 0.3 is 0 Å². The molecule has 0 aromatic carbocycles. The molecule has 0 aliphatic carbocycles. The summed E-state index contributed by atoms with van der Waals surface area (Å²) in [6.45, 7) is 1.65. The normalized spacial score (nSPS) is 15.1. The number of aliphatic carboxylic acids is 1. The molecule has 0 rings (SSSR count). The Morgan fingerprint density at radius 3 is 2.12 bits per heavy atom. The van der Waals surface area contributed by atoms with Gasteiger partial charge in [-0.15, -0.1) is 12.4 Å². The van der Waals surface area contributed by atoms with E-state index in [4.69, 9.17) is 0 Å². The molecule has 17 heavy (non-hydrogen) atoms. The van der Waals surface area contributed by atoms with Crippen LogP contribution in [0.25, 0.3) is 0 Å². The number of likely N-dealkylation sites (N-methyl/N-ethyl adjacent to an activating group) is 1. The summed E-state index contributed by atoms with van der Waals surface area (Å²) in [4.78, 5) is 22.2. The number of rotatable bonds is 6. The summed E-state index contributed by atoms with van der Waals surface area (Å²) in [6, 6.07) is 0. The van der Waals surface area contributed by atoms with E-state index in [-0.39, 0.29) is 23.4 Å². The molecule has 0 amide bonds. The number of carbonyl (C=O) groups is 2. The Bertz CT molecular complexity index is 309. The molecular weight excluding hydrogens is 246 g/mol. The molecule has 100 valence electrons. The third-order valence-corrected chi connectivity index (χ3v) is 1.95. The quantitative estimate of drug-likeness (QED) is 0.500. The van der Waals surface area contributed by atoms with Gasteiger partial charge < -0.3 is 19.5 Å². The molecule has 1 N–H and O–H groups in total. The van der Waals surface area contributed by atoms with Crippen molar-refractivity contribution in [3.63, 3.8) is 0 Å². The van der Waals surface area contributed by atoms with E-state index < -0.39 is 23.8 Å². The number of carboxylic acids is 1. The molecule has 0 radical (unpaired) electrons. The topological polar surface area (TPSA) is 77.4 Å². The van der Waals surface area contributed by atoms with Crippen LogP contribution in [0, 0.1) is 0 Å². The first-order valence-corrected chi connectivity index (χ1v) is 5.00. The van der Waals surface area contributed by atoms with Crippen molar-refractivity contribution in [2.45, 2.75) is 18.9 Å². The van der Waals surface area contributed by atoms with Crippen LogP contribution in [0.5, 0.6) is 0 Å². The Hall–Kier alpha value is -0.910. The Morgan fingerprint density at radius 2 is 1.82 bits per heavy atom. The molecule has 6 heteroatoms. The lowest BCUT2D eigenvalue weighted by Crippen LogP contribution is -2.55. The average Bonchev–Trinajstić information content (AvgIpc) is 1.98. The molecule has 0 aromatic rings. The highest BCUT2D eigenvalue weighted by Crippen LogP contribution is 2.16. The predicted octanol–water partition coefficient (Wildman–Crippen LogP) is -0.869. The van der Waals surface area contributed by atoms with Crippen LogP contribution in [-0.2, 0) is 9.59 Å². The van der Waals surface area contributed by atoms with Gasteiger partial charge in [-0.05, 0) is 13.0 Å². The molecule has 0 aromatic heterocycles. The van der Waals surface area contributed by atoms with Crippen molar-refractivity contribution in [1.29, 1.82) is 0 Å². The van der Waals surface area contributed by atoms with Crippen LogP contribution < -0.4 is 5.11 Å². The molecule has 0 spiro atoms. The standard InChI is InChI=1S/C11H19NO4.ClH/c1-5-6-9(13)11(16,7-10(14)15)8-12(2,3)4;/h5-6,16H,7-8H2,1-4H3;1H/b6-5+;. The number of hydrogen-bond donors (Lipinski definition) is 1. The van der Waals surface area contributed by atoms with Crippen molar-refractivity contribution in [3.8, 4) is 0 Å². The van der Waals surface area contributed by atoms with Crippen LogP contribution in [0.4, 0.5) is 0 Å². The van der Waals surface area contributed by atoms with Gasteiger partial charge in [0.25, 0.3) is 0 Å². The van der Waals surface area contributed by atoms with Crippen LogP contribution in [0.3, 0.4) is 0 Å². The summed E-state index contributed by atoms with van der Waals surface area (Å²) in [5.41, 5.74) is -1.90. The molecule has 1 atom stereocenters. The van der Waals surface area contributed by atoms with Crippen molar-refractivity contribution in [2.75, 3.05) is 27.7 Å². The van der Waals surface area contributed by atoms with Crippen LogP contribution in [0.15, 0.2) is 12.2 Å². The highest BCUT2D eigenvalue weighted by molar-refractivity contribution is 5.99. The molecular formula is C11H20ClNO4. The second-order valence-corrected chi connectivity index (χ2v) is 4.89. The summed E-state index contributed by atoms with van der Waals surface area (Å²) in [7, 11) is 5.30. The van der Waals surface area contributed by atoms with Gasteiger partial charge in [0.15, 0.2) is 11.4 Å². The number of ketones is 1. The first-order chi connectivity index (χ1) is 7.10. The maximum Gasteiger partial charge on any atom is 0.193 e. The predicted molar refractivity (Wildman–Crippen MR) is 64.5 cm³/mol. The maximum absolute atomic E-state index is 11.6. The lowest BCUT2D eigenvalue weighted by Gasteiger charge is -2.34. The summed E-state index contributed by atoms with van der Waals surface area (Å²) >= 11 is 0. The smallest absolute Gasteiger partial charge is 0.193 e. The van der Waals surface area contributed by atoms with Crippen LogP contribution >= 0.6 is 12.4 Å². The fourth-order valence-electron chi connectivity index (χ4n) is 1.55. The lowest BCUT2D eigenvalue weighted by atomic mass is 9.92. The van der Waals surface area contributed by atoms with Crippen LogP contribution in [0.1, 0.15) is 13.3 Å². The van der Waals surface area contributed by atoms with Crippen LogP contribution in [-0.4, -0.2) is 54.6 Å². The van der Waals surface area contributed by atoms with Gasteiger partial charge in [-0.3, -0.25) is 4.79 Å². The second-order valence-electron chi connectivity index (χ2n) is 4.89. The Morgan fingerprint density at radius 1 is 1.35 bits per heavy atom. The number of halogens is 1. The van der Waals surface area contributed by atoms with E-state index in [1.165, 1.54) is 12.2 Å². The molecule has 5 nitrogen and oxygen atoms in total. The third kappa shape index (κ3) is 7.10. The van der Waals surface area contributed by atoms with Gasteiger partial charge in [-0.1, -0.05) is 6.08 Å². The molecule has 0 saturated carbocycles. The maximum atomic E-state index is 11.6. The van der Waals surface area contributed by atoms with Gasteiger partial charge in [0.2, 0.25) is 0 Å². The molecule has 0 heterocycles. The number of allylic oxidation sites excluding steroid dienone is 1. The highest BCUT2D eigenvalue weighted by Gasteiger charge is 2.39.